The highest BCUT2D eigenvalue weighted by atomic mass is 79.9. The number of rotatable bonds is 6. The summed E-state index contributed by atoms with van der Waals surface area (Å²) in [7, 11) is -3.56. The number of aryl methyl sites for hydroxylation is 1. The van der Waals surface area contributed by atoms with E-state index in [-0.39, 0.29) is 12.3 Å². The van der Waals surface area contributed by atoms with Crippen molar-refractivity contribution in [2.24, 2.45) is 0 Å². The standard InChI is InChI=1S/C17H19BrN2O3S/c1-3-24(22,23)20(16-7-5-4-6-13(16)2)12-17(21)19-15-10-8-14(18)9-11-15/h4-11H,3,12H2,1-2H3,(H,19,21). The number of hydrogen-bond acceptors (Lipinski definition) is 3. The highest BCUT2D eigenvalue weighted by Crippen LogP contribution is 2.23. The second-order valence-corrected chi connectivity index (χ2v) is 8.35. The molecule has 0 radical (unpaired) electrons. The van der Waals surface area contributed by atoms with Crippen molar-refractivity contribution in [2.45, 2.75) is 13.8 Å². The van der Waals surface area contributed by atoms with Crippen molar-refractivity contribution < 1.29 is 13.2 Å². The molecule has 0 aliphatic carbocycles. The fourth-order valence-electron chi connectivity index (χ4n) is 2.20. The zero-order chi connectivity index (χ0) is 17.7. The lowest BCUT2D eigenvalue weighted by molar-refractivity contribution is -0.114. The van der Waals surface area contributed by atoms with Crippen LogP contribution in [0.5, 0.6) is 0 Å². The van der Waals surface area contributed by atoms with Gasteiger partial charge in [-0.05, 0) is 49.7 Å². The maximum Gasteiger partial charge on any atom is 0.245 e. The molecule has 128 valence electrons. The SMILES string of the molecule is CCS(=O)(=O)N(CC(=O)Nc1ccc(Br)cc1)c1ccccc1C. The number of anilines is 2. The predicted molar refractivity (Wildman–Crippen MR) is 101 cm³/mol. The summed E-state index contributed by atoms with van der Waals surface area (Å²) in [5, 5.41) is 2.72. The number of nitrogens with zero attached hydrogens (tertiary/aromatic N) is 1. The Kier molecular flexibility index (Phi) is 6.01. The number of amides is 1. The van der Waals surface area contributed by atoms with Crippen LogP contribution in [0, 0.1) is 6.92 Å². The zero-order valence-electron chi connectivity index (χ0n) is 13.5. The molecular formula is C17H19BrN2O3S. The van der Waals surface area contributed by atoms with Crippen LogP contribution in [-0.2, 0) is 14.8 Å². The summed E-state index contributed by atoms with van der Waals surface area (Å²) in [6, 6.07) is 14.2. The Morgan fingerprint density at radius 1 is 1.12 bits per heavy atom. The lowest BCUT2D eigenvalue weighted by Gasteiger charge is -2.24. The van der Waals surface area contributed by atoms with E-state index in [0.29, 0.717) is 11.4 Å². The Labute approximate surface area is 150 Å². The molecule has 0 saturated heterocycles. The molecule has 2 aromatic rings. The lowest BCUT2D eigenvalue weighted by Crippen LogP contribution is -2.39. The number of nitrogens with one attached hydrogen (secondary N) is 1. The maximum atomic E-state index is 12.4. The molecule has 0 aliphatic heterocycles. The minimum atomic E-state index is -3.56. The molecular weight excluding hydrogens is 392 g/mol. The smallest absolute Gasteiger partial charge is 0.245 e. The van der Waals surface area contributed by atoms with Gasteiger partial charge in [0, 0.05) is 10.2 Å². The van der Waals surface area contributed by atoms with Crippen molar-refractivity contribution in [3.63, 3.8) is 0 Å². The van der Waals surface area contributed by atoms with Crippen LogP contribution in [0.2, 0.25) is 0 Å². The highest BCUT2D eigenvalue weighted by Gasteiger charge is 2.24. The summed E-state index contributed by atoms with van der Waals surface area (Å²) in [6.45, 7) is 3.12. The summed E-state index contributed by atoms with van der Waals surface area (Å²) in [4.78, 5) is 12.3. The quantitative estimate of drug-likeness (QED) is 0.791. The Balaban J connectivity index is 2.24. The first-order chi connectivity index (χ1) is 11.3. The molecule has 0 atom stereocenters. The number of carbonyl (C=O) groups excluding carboxylic acids is 1. The van der Waals surface area contributed by atoms with Gasteiger partial charge in [0.1, 0.15) is 6.54 Å². The number of benzene rings is 2. The van der Waals surface area contributed by atoms with Gasteiger partial charge < -0.3 is 5.32 Å². The number of carbonyl (C=O) groups is 1. The van der Waals surface area contributed by atoms with E-state index in [9.17, 15) is 13.2 Å². The summed E-state index contributed by atoms with van der Waals surface area (Å²) in [5.74, 6) is -0.468. The molecule has 1 N–H and O–H groups in total. The van der Waals surface area contributed by atoms with E-state index in [4.69, 9.17) is 0 Å². The van der Waals surface area contributed by atoms with Gasteiger partial charge in [-0.3, -0.25) is 9.10 Å². The number of sulfonamides is 1. The highest BCUT2D eigenvalue weighted by molar-refractivity contribution is 9.10. The summed E-state index contributed by atoms with van der Waals surface area (Å²) >= 11 is 3.33. The van der Waals surface area contributed by atoms with Crippen molar-refractivity contribution in [1.82, 2.24) is 0 Å². The molecule has 1 amide bonds. The third-order valence-corrected chi connectivity index (χ3v) is 5.76. The third kappa shape index (κ3) is 4.58. The minimum Gasteiger partial charge on any atom is -0.325 e. The Morgan fingerprint density at radius 3 is 2.33 bits per heavy atom. The van der Waals surface area contributed by atoms with Crippen LogP contribution in [0.25, 0.3) is 0 Å². The van der Waals surface area contributed by atoms with E-state index in [1.807, 2.05) is 19.1 Å². The van der Waals surface area contributed by atoms with Crippen molar-refractivity contribution in [3.05, 3.63) is 58.6 Å². The van der Waals surface area contributed by atoms with Crippen molar-refractivity contribution in [3.8, 4) is 0 Å². The van der Waals surface area contributed by atoms with Crippen LogP contribution in [0.1, 0.15) is 12.5 Å². The van der Waals surface area contributed by atoms with E-state index >= 15 is 0 Å². The normalized spacial score (nSPS) is 11.1. The summed E-state index contributed by atoms with van der Waals surface area (Å²) in [6.07, 6.45) is 0. The molecule has 0 bridgehead atoms. The molecule has 0 fully saturated rings. The average Bonchev–Trinajstić information content (AvgIpc) is 2.55. The van der Waals surface area contributed by atoms with E-state index < -0.39 is 15.9 Å². The van der Waals surface area contributed by atoms with Crippen LogP contribution >= 0.6 is 15.9 Å². The van der Waals surface area contributed by atoms with Crippen LogP contribution < -0.4 is 9.62 Å². The van der Waals surface area contributed by atoms with E-state index in [0.717, 1.165) is 14.3 Å². The summed E-state index contributed by atoms with van der Waals surface area (Å²) < 4.78 is 26.9. The molecule has 24 heavy (non-hydrogen) atoms. The number of halogens is 1. The van der Waals surface area contributed by atoms with E-state index in [2.05, 4.69) is 21.2 Å². The Morgan fingerprint density at radius 2 is 1.75 bits per heavy atom. The zero-order valence-corrected chi connectivity index (χ0v) is 15.9. The molecule has 0 aromatic heterocycles. The molecule has 0 saturated carbocycles. The second kappa shape index (κ2) is 7.81. The summed E-state index contributed by atoms with van der Waals surface area (Å²) in [5.41, 5.74) is 1.93. The molecule has 5 nitrogen and oxygen atoms in total. The minimum absolute atomic E-state index is 0.0765. The fourth-order valence-corrected chi connectivity index (χ4v) is 3.59. The van der Waals surface area contributed by atoms with Gasteiger partial charge in [-0.1, -0.05) is 34.1 Å². The fraction of sp³-hybridized carbons (Fsp3) is 0.235. The third-order valence-electron chi connectivity index (χ3n) is 3.50. The first-order valence-corrected chi connectivity index (χ1v) is 9.85. The molecule has 0 aliphatic rings. The number of para-hydroxylation sites is 1. The van der Waals surface area contributed by atoms with Gasteiger partial charge in [-0.25, -0.2) is 8.42 Å². The predicted octanol–water partition coefficient (Wildman–Crippen LogP) is 3.55. The van der Waals surface area contributed by atoms with Crippen LogP contribution in [0.15, 0.2) is 53.0 Å². The Bertz CT molecular complexity index is 820. The monoisotopic (exact) mass is 410 g/mol. The molecule has 2 rings (SSSR count). The topological polar surface area (TPSA) is 66.5 Å². The van der Waals surface area contributed by atoms with Gasteiger partial charge in [-0.15, -0.1) is 0 Å². The van der Waals surface area contributed by atoms with Gasteiger partial charge in [0.2, 0.25) is 15.9 Å². The first kappa shape index (κ1) is 18.5. The van der Waals surface area contributed by atoms with Crippen molar-refractivity contribution >= 4 is 43.2 Å². The number of hydrogen-bond donors (Lipinski definition) is 1. The van der Waals surface area contributed by atoms with Crippen molar-refractivity contribution in [2.75, 3.05) is 21.9 Å². The molecule has 0 unspecified atom stereocenters. The van der Waals surface area contributed by atoms with Gasteiger partial charge in [0.25, 0.3) is 0 Å². The van der Waals surface area contributed by atoms with Gasteiger partial charge >= 0.3 is 0 Å². The molecule has 0 spiro atoms. The van der Waals surface area contributed by atoms with E-state index in [1.165, 1.54) is 0 Å². The van der Waals surface area contributed by atoms with Gasteiger partial charge in [0.15, 0.2) is 0 Å². The average molecular weight is 411 g/mol. The molecule has 2 aromatic carbocycles. The molecule has 0 heterocycles. The second-order valence-electron chi connectivity index (χ2n) is 5.25. The molecule has 7 heteroatoms. The Hall–Kier alpha value is -1.86. The van der Waals surface area contributed by atoms with Crippen molar-refractivity contribution in [1.29, 1.82) is 0 Å². The van der Waals surface area contributed by atoms with Crippen LogP contribution in [0.3, 0.4) is 0 Å². The lowest BCUT2D eigenvalue weighted by atomic mass is 10.2. The first-order valence-electron chi connectivity index (χ1n) is 7.45. The van der Waals surface area contributed by atoms with Gasteiger partial charge in [0.05, 0.1) is 11.4 Å². The maximum absolute atomic E-state index is 12.4. The van der Waals surface area contributed by atoms with Crippen LogP contribution in [0.4, 0.5) is 11.4 Å². The van der Waals surface area contributed by atoms with Gasteiger partial charge in [-0.2, -0.15) is 0 Å². The van der Waals surface area contributed by atoms with Crippen LogP contribution in [-0.4, -0.2) is 26.6 Å². The van der Waals surface area contributed by atoms with E-state index in [1.54, 1.807) is 43.3 Å². The largest absolute Gasteiger partial charge is 0.325 e.